The molecule has 1 aliphatic rings. The van der Waals surface area contributed by atoms with E-state index >= 15 is 0 Å². The maximum absolute atomic E-state index is 12.5. The van der Waals surface area contributed by atoms with Crippen LogP contribution in [0.4, 0.5) is 5.69 Å². The first-order chi connectivity index (χ1) is 10.6. The molecule has 0 radical (unpaired) electrons. The Morgan fingerprint density at radius 3 is 2.27 bits per heavy atom. The van der Waals surface area contributed by atoms with Crippen LogP contribution in [0.3, 0.4) is 0 Å². The fourth-order valence-corrected chi connectivity index (χ4v) is 2.88. The summed E-state index contributed by atoms with van der Waals surface area (Å²) in [5.74, 6) is -0.393. The summed E-state index contributed by atoms with van der Waals surface area (Å²) in [7, 11) is 0. The molecule has 5 nitrogen and oxygen atoms in total. The molecule has 0 spiro atoms. The summed E-state index contributed by atoms with van der Waals surface area (Å²) in [6.07, 6.45) is 2.73. The SMILES string of the molecule is O=C(NC1(c2ccccc2)CCC1)c1ccccc1[N+](=O)[O-]. The molecule has 5 heteroatoms. The summed E-state index contributed by atoms with van der Waals surface area (Å²) in [6, 6.07) is 15.8. The third kappa shape index (κ3) is 2.45. The van der Waals surface area contributed by atoms with Crippen LogP contribution in [0.2, 0.25) is 0 Å². The Hall–Kier alpha value is -2.69. The van der Waals surface area contributed by atoms with Crippen LogP contribution in [0.25, 0.3) is 0 Å². The number of para-hydroxylation sites is 1. The van der Waals surface area contributed by atoms with E-state index in [4.69, 9.17) is 0 Å². The van der Waals surface area contributed by atoms with Gasteiger partial charge in [-0.3, -0.25) is 14.9 Å². The van der Waals surface area contributed by atoms with Gasteiger partial charge in [0, 0.05) is 6.07 Å². The lowest BCUT2D eigenvalue weighted by atomic mass is 9.71. The highest BCUT2D eigenvalue weighted by Gasteiger charge is 2.40. The molecule has 1 N–H and O–H groups in total. The van der Waals surface area contributed by atoms with E-state index in [1.807, 2.05) is 30.3 Å². The van der Waals surface area contributed by atoms with Crippen molar-refractivity contribution in [3.05, 3.63) is 75.8 Å². The van der Waals surface area contributed by atoms with Crippen LogP contribution < -0.4 is 5.32 Å². The Morgan fingerprint density at radius 2 is 1.68 bits per heavy atom. The molecule has 112 valence electrons. The van der Waals surface area contributed by atoms with Gasteiger partial charge in [0.1, 0.15) is 5.56 Å². The highest BCUT2D eigenvalue weighted by Crippen LogP contribution is 2.41. The van der Waals surface area contributed by atoms with E-state index in [-0.39, 0.29) is 11.3 Å². The molecule has 3 rings (SSSR count). The highest BCUT2D eigenvalue weighted by atomic mass is 16.6. The fraction of sp³-hybridized carbons (Fsp3) is 0.235. The Bertz CT molecular complexity index is 709. The first kappa shape index (κ1) is 14.3. The van der Waals surface area contributed by atoms with Crippen LogP contribution in [0.15, 0.2) is 54.6 Å². The standard InChI is InChI=1S/C17H16N2O3/c20-16(14-9-4-5-10-15(14)19(21)22)18-17(11-6-12-17)13-7-2-1-3-8-13/h1-5,7-10H,6,11-12H2,(H,18,20). The molecule has 1 amide bonds. The Labute approximate surface area is 128 Å². The Kier molecular flexibility index (Phi) is 3.63. The smallest absolute Gasteiger partial charge is 0.282 e. The minimum absolute atomic E-state index is 0.106. The minimum atomic E-state index is -0.523. The number of nitro benzene ring substituents is 1. The van der Waals surface area contributed by atoms with Crippen molar-refractivity contribution in [3.8, 4) is 0 Å². The van der Waals surface area contributed by atoms with Crippen molar-refractivity contribution in [1.82, 2.24) is 5.32 Å². The van der Waals surface area contributed by atoms with Crippen LogP contribution in [0.5, 0.6) is 0 Å². The summed E-state index contributed by atoms with van der Waals surface area (Å²) in [4.78, 5) is 23.1. The quantitative estimate of drug-likeness (QED) is 0.694. The zero-order chi connectivity index (χ0) is 15.6. The van der Waals surface area contributed by atoms with Crippen molar-refractivity contribution in [2.75, 3.05) is 0 Å². The molecule has 0 unspecified atom stereocenters. The Balaban J connectivity index is 1.89. The van der Waals surface area contributed by atoms with Gasteiger partial charge in [-0.1, -0.05) is 42.5 Å². The second-order valence-corrected chi connectivity index (χ2v) is 5.53. The largest absolute Gasteiger partial charge is 0.342 e. The van der Waals surface area contributed by atoms with Crippen LogP contribution in [0.1, 0.15) is 35.2 Å². The van der Waals surface area contributed by atoms with Gasteiger partial charge in [0.05, 0.1) is 10.5 Å². The van der Waals surface area contributed by atoms with Gasteiger partial charge in [-0.15, -0.1) is 0 Å². The minimum Gasteiger partial charge on any atom is -0.342 e. The molecule has 2 aromatic carbocycles. The maximum atomic E-state index is 12.5. The van der Waals surface area contributed by atoms with Gasteiger partial charge in [-0.2, -0.15) is 0 Å². The molecule has 0 saturated heterocycles. The molecule has 2 aromatic rings. The molecule has 0 aliphatic heterocycles. The zero-order valence-electron chi connectivity index (χ0n) is 12.0. The number of nitro groups is 1. The van der Waals surface area contributed by atoms with Crippen LogP contribution in [-0.2, 0) is 5.54 Å². The van der Waals surface area contributed by atoms with E-state index in [2.05, 4.69) is 5.32 Å². The third-order valence-corrected chi connectivity index (χ3v) is 4.23. The van der Waals surface area contributed by atoms with Crippen molar-refractivity contribution in [2.45, 2.75) is 24.8 Å². The van der Waals surface area contributed by atoms with E-state index < -0.39 is 16.4 Å². The predicted octanol–water partition coefficient (Wildman–Crippen LogP) is 3.40. The average Bonchev–Trinajstić information content (AvgIpc) is 2.51. The number of benzene rings is 2. The fourth-order valence-electron chi connectivity index (χ4n) is 2.88. The zero-order valence-corrected chi connectivity index (χ0v) is 12.0. The Morgan fingerprint density at radius 1 is 1.05 bits per heavy atom. The summed E-state index contributed by atoms with van der Waals surface area (Å²) in [5, 5.41) is 14.1. The molecule has 0 bridgehead atoms. The van der Waals surface area contributed by atoms with Crippen LogP contribution in [0, 0.1) is 10.1 Å². The predicted molar refractivity (Wildman–Crippen MR) is 82.5 cm³/mol. The van der Waals surface area contributed by atoms with Crippen molar-refractivity contribution in [3.63, 3.8) is 0 Å². The van der Waals surface area contributed by atoms with Gasteiger partial charge in [0.2, 0.25) is 0 Å². The number of hydrogen-bond donors (Lipinski definition) is 1. The lowest BCUT2D eigenvalue weighted by Crippen LogP contribution is -2.50. The highest BCUT2D eigenvalue weighted by molar-refractivity contribution is 5.98. The summed E-state index contributed by atoms with van der Waals surface area (Å²) in [6.45, 7) is 0. The molecule has 0 heterocycles. The first-order valence-corrected chi connectivity index (χ1v) is 7.24. The normalized spacial score (nSPS) is 15.6. The number of carbonyl (C=O) groups excluding carboxylic acids is 1. The van der Waals surface area contributed by atoms with E-state index in [1.165, 1.54) is 12.1 Å². The molecular formula is C17H16N2O3. The van der Waals surface area contributed by atoms with E-state index in [0.29, 0.717) is 0 Å². The second-order valence-electron chi connectivity index (χ2n) is 5.53. The average molecular weight is 296 g/mol. The lowest BCUT2D eigenvalue weighted by molar-refractivity contribution is -0.385. The molecular weight excluding hydrogens is 280 g/mol. The van der Waals surface area contributed by atoms with Gasteiger partial charge in [-0.05, 0) is 30.9 Å². The molecule has 22 heavy (non-hydrogen) atoms. The molecule has 0 atom stereocenters. The molecule has 0 aromatic heterocycles. The number of rotatable bonds is 4. The summed E-state index contributed by atoms with van der Waals surface area (Å²) >= 11 is 0. The number of carbonyl (C=O) groups is 1. The van der Waals surface area contributed by atoms with Crippen molar-refractivity contribution in [2.24, 2.45) is 0 Å². The first-order valence-electron chi connectivity index (χ1n) is 7.24. The lowest BCUT2D eigenvalue weighted by Gasteiger charge is -2.43. The number of nitrogens with zero attached hydrogens (tertiary/aromatic N) is 1. The van der Waals surface area contributed by atoms with Crippen molar-refractivity contribution in [1.29, 1.82) is 0 Å². The molecule has 1 aliphatic carbocycles. The summed E-state index contributed by atoms with van der Waals surface area (Å²) in [5.41, 5.74) is 0.590. The second kappa shape index (κ2) is 5.60. The van der Waals surface area contributed by atoms with Crippen LogP contribution >= 0.6 is 0 Å². The van der Waals surface area contributed by atoms with E-state index in [1.54, 1.807) is 12.1 Å². The topological polar surface area (TPSA) is 72.2 Å². The number of nitrogens with one attached hydrogen (secondary N) is 1. The molecule has 1 saturated carbocycles. The van der Waals surface area contributed by atoms with Gasteiger partial charge in [0.15, 0.2) is 0 Å². The van der Waals surface area contributed by atoms with Crippen molar-refractivity contribution >= 4 is 11.6 Å². The van der Waals surface area contributed by atoms with Gasteiger partial charge in [0.25, 0.3) is 11.6 Å². The van der Waals surface area contributed by atoms with Gasteiger partial charge >= 0.3 is 0 Å². The number of hydrogen-bond acceptors (Lipinski definition) is 3. The summed E-state index contributed by atoms with van der Waals surface area (Å²) < 4.78 is 0. The third-order valence-electron chi connectivity index (χ3n) is 4.23. The van der Waals surface area contributed by atoms with Crippen molar-refractivity contribution < 1.29 is 9.72 Å². The number of amides is 1. The monoisotopic (exact) mass is 296 g/mol. The maximum Gasteiger partial charge on any atom is 0.282 e. The van der Waals surface area contributed by atoms with Gasteiger partial charge in [-0.25, -0.2) is 0 Å². The van der Waals surface area contributed by atoms with E-state index in [0.717, 1.165) is 24.8 Å². The van der Waals surface area contributed by atoms with Crippen LogP contribution in [-0.4, -0.2) is 10.8 Å². The van der Waals surface area contributed by atoms with Gasteiger partial charge < -0.3 is 5.32 Å². The van der Waals surface area contributed by atoms with E-state index in [9.17, 15) is 14.9 Å². The molecule has 1 fully saturated rings.